The first-order valence-electron chi connectivity index (χ1n) is 12.0. The summed E-state index contributed by atoms with van der Waals surface area (Å²) in [6, 6.07) is 28.2. The van der Waals surface area contributed by atoms with E-state index >= 15 is 0 Å². The van der Waals surface area contributed by atoms with Gasteiger partial charge >= 0.3 is 0 Å². The molecule has 0 spiro atoms. The van der Waals surface area contributed by atoms with Crippen LogP contribution in [0.1, 0.15) is 23.1 Å². The topological polar surface area (TPSA) is 95.4 Å². The van der Waals surface area contributed by atoms with Gasteiger partial charge in [-0.25, -0.2) is 22.3 Å². The molecular formula is C30H28F2N2O3S. The van der Waals surface area contributed by atoms with Gasteiger partial charge in [-0.1, -0.05) is 78.9 Å². The van der Waals surface area contributed by atoms with Gasteiger partial charge < -0.3 is 10.5 Å². The smallest absolute Gasteiger partial charge is 0.264 e. The third kappa shape index (κ3) is 6.65. The summed E-state index contributed by atoms with van der Waals surface area (Å²) >= 11 is 0. The van der Waals surface area contributed by atoms with Crippen molar-refractivity contribution in [2.45, 2.75) is 30.8 Å². The highest BCUT2D eigenvalue weighted by Gasteiger charge is 2.26. The third-order valence-electron chi connectivity index (χ3n) is 6.06. The Balaban J connectivity index is 1.58. The van der Waals surface area contributed by atoms with Crippen molar-refractivity contribution in [3.8, 4) is 16.9 Å². The van der Waals surface area contributed by atoms with Crippen molar-refractivity contribution in [1.29, 1.82) is 0 Å². The van der Waals surface area contributed by atoms with E-state index in [2.05, 4.69) is 0 Å². The lowest BCUT2D eigenvalue weighted by molar-refractivity contribution is 0.215. The molecule has 4 aromatic rings. The molecule has 196 valence electrons. The fourth-order valence-electron chi connectivity index (χ4n) is 4.23. The zero-order valence-electron chi connectivity index (χ0n) is 20.6. The van der Waals surface area contributed by atoms with Gasteiger partial charge in [0, 0.05) is 22.4 Å². The van der Waals surface area contributed by atoms with Crippen LogP contribution in [0.3, 0.4) is 0 Å². The number of aryl methyl sites for hydroxylation is 1. The molecule has 0 atom stereocenters. The fourth-order valence-corrected chi connectivity index (χ4v) is 4.99. The molecular weight excluding hydrogens is 506 g/mol. The predicted octanol–water partition coefficient (Wildman–Crippen LogP) is 6.44. The van der Waals surface area contributed by atoms with E-state index in [0.717, 1.165) is 11.1 Å². The van der Waals surface area contributed by atoms with Crippen LogP contribution in [0.5, 0.6) is 5.75 Å². The summed E-state index contributed by atoms with van der Waals surface area (Å²) in [4.78, 5) is -0.259. The number of primary sulfonamides is 1. The molecule has 38 heavy (non-hydrogen) atoms. The highest BCUT2D eigenvalue weighted by molar-refractivity contribution is 7.89. The standard InChI is InChI=1S/C30H28F2N2O3S/c31-30(32)25(13-7-10-21-14-16-24(17-15-21)37-20-22-8-3-1-4-9-22)29-26(33)18-19-27(38(34,35)36)28(29)23-11-5-2-6-12-23/h1-6,8-9,11-19,30H,7,10,20,33H2,(H2,34,35,36)/b25-13-. The molecule has 0 saturated carbocycles. The summed E-state index contributed by atoms with van der Waals surface area (Å²) in [5, 5.41) is 5.45. The molecule has 0 unspecified atom stereocenters. The number of sulfonamides is 1. The minimum atomic E-state index is -4.21. The van der Waals surface area contributed by atoms with Gasteiger partial charge in [0.05, 0.1) is 4.90 Å². The molecule has 4 aromatic carbocycles. The number of hydrogen-bond donors (Lipinski definition) is 2. The Hall–Kier alpha value is -4.01. The van der Waals surface area contributed by atoms with Crippen molar-refractivity contribution >= 4 is 21.3 Å². The Kier molecular flexibility index (Phi) is 8.55. The van der Waals surface area contributed by atoms with E-state index in [4.69, 9.17) is 15.6 Å². The molecule has 0 heterocycles. The van der Waals surface area contributed by atoms with Crippen molar-refractivity contribution in [1.82, 2.24) is 0 Å². The van der Waals surface area contributed by atoms with Crippen LogP contribution in [-0.4, -0.2) is 14.8 Å². The Morgan fingerprint density at radius 2 is 1.47 bits per heavy atom. The highest BCUT2D eigenvalue weighted by atomic mass is 32.2. The number of nitrogens with two attached hydrogens (primary N) is 2. The van der Waals surface area contributed by atoms with Crippen molar-refractivity contribution in [2.75, 3.05) is 5.73 Å². The van der Waals surface area contributed by atoms with Crippen LogP contribution in [0.4, 0.5) is 14.5 Å². The zero-order valence-corrected chi connectivity index (χ0v) is 21.4. The first-order valence-corrected chi connectivity index (χ1v) is 13.5. The lowest BCUT2D eigenvalue weighted by Crippen LogP contribution is -2.16. The van der Waals surface area contributed by atoms with E-state index in [1.54, 1.807) is 30.3 Å². The van der Waals surface area contributed by atoms with Gasteiger partial charge in [0.25, 0.3) is 6.43 Å². The van der Waals surface area contributed by atoms with Crippen LogP contribution in [0.15, 0.2) is 108 Å². The SMILES string of the molecule is Nc1ccc(S(N)(=O)=O)c(-c2ccccc2)c1/C(=C/CCc1ccc(OCc2ccccc2)cc1)C(F)F. The van der Waals surface area contributed by atoms with E-state index in [-0.39, 0.29) is 33.7 Å². The molecule has 0 bridgehead atoms. The van der Waals surface area contributed by atoms with Gasteiger partial charge in [0.1, 0.15) is 12.4 Å². The Bertz CT molecular complexity index is 1510. The second-order valence-electron chi connectivity index (χ2n) is 8.73. The van der Waals surface area contributed by atoms with Crippen molar-refractivity contribution in [3.63, 3.8) is 0 Å². The summed E-state index contributed by atoms with van der Waals surface area (Å²) in [5.41, 5.74) is 8.33. The molecule has 0 saturated heterocycles. The highest BCUT2D eigenvalue weighted by Crippen LogP contribution is 2.40. The van der Waals surface area contributed by atoms with Crippen LogP contribution in [0, 0.1) is 0 Å². The van der Waals surface area contributed by atoms with E-state index in [1.807, 2.05) is 54.6 Å². The molecule has 0 radical (unpaired) electrons. The molecule has 0 fully saturated rings. The number of rotatable bonds is 10. The van der Waals surface area contributed by atoms with Crippen molar-refractivity contribution in [3.05, 3.63) is 120 Å². The van der Waals surface area contributed by atoms with Crippen LogP contribution >= 0.6 is 0 Å². The number of alkyl halides is 2. The summed E-state index contributed by atoms with van der Waals surface area (Å²) in [7, 11) is -4.21. The second kappa shape index (κ2) is 12.0. The number of ether oxygens (including phenoxy) is 1. The maximum Gasteiger partial charge on any atom is 0.264 e. The number of benzene rings is 4. The van der Waals surface area contributed by atoms with Crippen LogP contribution in [0.2, 0.25) is 0 Å². The van der Waals surface area contributed by atoms with Gasteiger partial charge in [-0.3, -0.25) is 0 Å². The molecule has 8 heteroatoms. The monoisotopic (exact) mass is 534 g/mol. The first-order chi connectivity index (χ1) is 18.2. The minimum absolute atomic E-state index is 0.0256. The number of halogens is 2. The molecule has 5 nitrogen and oxygen atoms in total. The van der Waals surface area contributed by atoms with Gasteiger partial charge in [0.15, 0.2) is 0 Å². The van der Waals surface area contributed by atoms with Crippen molar-refractivity contribution in [2.24, 2.45) is 5.14 Å². The number of nitrogen functional groups attached to an aromatic ring is 1. The average molecular weight is 535 g/mol. The van der Waals surface area contributed by atoms with Gasteiger partial charge in [-0.2, -0.15) is 0 Å². The van der Waals surface area contributed by atoms with Crippen LogP contribution in [0.25, 0.3) is 16.7 Å². The molecule has 0 aromatic heterocycles. The van der Waals surface area contributed by atoms with Crippen LogP contribution < -0.4 is 15.6 Å². The predicted molar refractivity (Wildman–Crippen MR) is 147 cm³/mol. The largest absolute Gasteiger partial charge is 0.489 e. The minimum Gasteiger partial charge on any atom is -0.489 e. The number of allylic oxidation sites excluding steroid dienone is 2. The van der Waals surface area contributed by atoms with Crippen molar-refractivity contribution < 1.29 is 21.9 Å². The summed E-state index contributed by atoms with van der Waals surface area (Å²) in [5.74, 6) is 0.710. The molecule has 4 rings (SSSR count). The fraction of sp³-hybridized carbons (Fsp3) is 0.133. The molecule has 0 aliphatic rings. The average Bonchev–Trinajstić information content (AvgIpc) is 2.91. The first kappa shape index (κ1) is 27.0. The normalized spacial score (nSPS) is 12.1. The van der Waals surface area contributed by atoms with Crippen LogP contribution in [-0.2, 0) is 23.1 Å². The van der Waals surface area contributed by atoms with E-state index in [1.165, 1.54) is 18.2 Å². The van der Waals surface area contributed by atoms with E-state index in [0.29, 0.717) is 24.3 Å². The second-order valence-corrected chi connectivity index (χ2v) is 10.3. The quantitative estimate of drug-likeness (QED) is 0.229. The summed E-state index contributed by atoms with van der Waals surface area (Å²) < 4.78 is 59.3. The Morgan fingerprint density at radius 3 is 2.08 bits per heavy atom. The van der Waals surface area contributed by atoms with Gasteiger partial charge in [-0.15, -0.1) is 0 Å². The number of anilines is 1. The number of hydrogen-bond acceptors (Lipinski definition) is 4. The zero-order chi connectivity index (χ0) is 27.1. The third-order valence-corrected chi connectivity index (χ3v) is 7.01. The maximum absolute atomic E-state index is 14.4. The molecule has 4 N–H and O–H groups in total. The Labute approximate surface area is 221 Å². The Morgan fingerprint density at radius 1 is 0.842 bits per heavy atom. The molecule has 0 amide bonds. The van der Waals surface area contributed by atoms with Gasteiger partial charge in [-0.05, 0) is 53.8 Å². The molecule has 0 aliphatic carbocycles. The van der Waals surface area contributed by atoms with E-state index in [9.17, 15) is 17.2 Å². The summed E-state index contributed by atoms with van der Waals surface area (Å²) in [6.45, 7) is 0.448. The lowest BCUT2D eigenvalue weighted by atomic mass is 9.92. The summed E-state index contributed by atoms with van der Waals surface area (Å²) in [6.07, 6.45) is -0.693. The molecule has 0 aliphatic heterocycles. The van der Waals surface area contributed by atoms with Gasteiger partial charge in [0.2, 0.25) is 10.0 Å². The lowest BCUT2D eigenvalue weighted by Gasteiger charge is -2.19. The van der Waals surface area contributed by atoms with E-state index < -0.39 is 16.4 Å². The maximum atomic E-state index is 14.4.